The zero-order valence-corrected chi connectivity index (χ0v) is 10.1. The van der Waals surface area contributed by atoms with E-state index in [1.54, 1.807) is 13.8 Å². The highest BCUT2D eigenvalue weighted by Gasteiger charge is 2.34. The van der Waals surface area contributed by atoms with Crippen LogP contribution in [-0.4, -0.2) is 5.84 Å². The number of amidine groups is 1. The van der Waals surface area contributed by atoms with E-state index >= 15 is 0 Å². The fraction of sp³-hybridized carbons (Fsp3) is 0.364. The molecule has 0 aliphatic heterocycles. The molecule has 1 rings (SSSR count). The predicted molar refractivity (Wildman–Crippen MR) is 62.6 cm³/mol. The summed E-state index contributed by atoms with van der Waals surface area (Å²) in [6.45, 7) is 3.48. The second-order valence-corrected chi connectivity index (χ2v) is 4.23. The lowest BCUT2D eigenvalue weighted by atomic mass is 10.1. The van der Waals surface area contributed by atoms with E-state index in [0.717, 1.165) is 6.07 Å². The summed E-state index contributed by atoms with van der Waals surface area (Å²) >= 11 is 5.72. The van der Waals surface area contributed by atoms with Crippen molar-refractivity contribution in [1.82, 2.24) is 0 Å². The summed E-state index contributed by atoms with van der Waals surface area (Å²) in [7, 11) is 0. The van der Waals surface area contributed by atoms with Crippen molar-refractivity contribution in [3.63, 3.8) is 0 Å². The highest BCUT2D eigenvalue weighted by Crippen LogP contribution is 2.40. The Morgan fingerprint density at radius 1 is 1.35 bits per heavy atom. The van der Waals surface area contributed by atoms with Gasteiger partial charge in [-0.05, 0) is 12.1 Å². The maximum Gasteiger partial charge on any atom is 0.418 e. The highest BCUT2D eigenvalue weighted by molar-refractivity contribution is 6.33. The molecule has 0 radical (unpaired) electrons. The first-order chi connectivity index (χ1) is 7.73. The van der Waals surface area contributed by atoms with Gasteiger partial charge in [-0.3, -0.25) is 0 Å². The Kier molecular flexibility index (Phi) is 4.03. The van der Waals surface area contributed by atoms with Gasteiger partial charge in [0.2, 0.25) is 0 Å². The summed E-state index contributed by atoms with van der Waals surface area (Å²) in [6.07, 6.45) is -4.50. The molecule has 0 aliphatic rings. The molecule has 0 saturated heterocycles. The van der Waals surface area contributed by atoms with Crippen LogP contribution in [0, 0.1) is 5.92 Å². The topological polar surface area (TPSA) is 38.4 Å². The second-order valence-electron chi connectivity index (χ2n) is 3.83. The van der Waals surface area contributed by atoms with Crippen LogP contribution in [0.1, 0.15) is 19.4 Å². The maximum atomic E-state index is 12.7. The molecule has 1 aromatic rings. The van der Waals surface area contributed by atoms with E-state index in [-0.39, 0.29) is 22.5 Å². The van der Waals surface area contributed by atoms with E-state index in [1.165, 1.54) is 12.1 Å². The molecule has 0 fully saturated rings. The van der Waals surface area contributed by atoms with Crippen LogP contribution in [0.4, 0.5) is 18.9 Å². The molecule has 17 heavy (non-hydrogen) atoms. The Hall–Kier alpha value is -1.23. The summed E-state index contributed by atoms with van der Waals surface area (Å²) < 4.78 is 38.1. The van der Waals surface area contributed by atoms with Crippen molar-refractivity contribution in [1.29, 1.82) is 0 Å². The summed E-state index contributed by atoms with van der Waals surface area (Å²) in [5, 5.41) is -0.0663. The van der Waals surface area contributed by atoms with Gasteiger partial charge in [0.05, 0.1) is 16.3 Å². The standard InChI is InChI=1S/C11H12ClF3N2/c1-6(2)10(16)17-9-7(11(13,14)15)4-3-5-8(9)12/h3-6H,1-2H3,(H2,16,17). The minimum absolute atomic E-state index is 0.0663. The van der Waals surface area contributed by atoms with Gasteiger partial charge < -0.3 is 5.73 Å². The number of halogens is 4. The summed E-state index contributed by atoms with van der Waals surface area (Å²) in [5.41, 5.74) is 4.35. The van der Waals surface area contributed by atoms with E-state index in [2.05, 4.69) is 4.99 Å². The zero-order chi connectivity index (χ0) is 13.2. The molecule has 0 bridgehead atoms. The SMILES string of the molecule is CC(C)C(N)=Nc1c(Cl)cccc1C(F)(F)F. The van der Waals surface area contributed by atoms with Crippen molar-refractivity contribution >= 4 is 23.1 Å². The third-order valence-corrected chi connectivity index (χ3v) is 2.43. The summed E-state index contributed by atoms with van der Waals surface area (Å²) in [6, 6.07) is 3.51. The Bertz CT molecular complexity index is 439. The van der Waals surface area contributed by atoms with Crippen LogP contribution in [-0.2, 0) is 6.18 Å². The lowest BCUT2D eigenvalue weighted by Gasteiger charge is -2.12. The van der Waals surface area contributed by atoms with Crippen LogP contribution in [0.25, 0.3) is 0 Å². The largest absolute Gasteiger partial charge is 0.418 e. The maximum absolute atomic E-state index is 12.7. The third kappa shape index (κ3) is 3.36. The Morgan fingerprint density at radius 2 is 1.94 bits per heavy atom. The fourth-order valence-electron chi connectivity index (χ4n) is 1.12. The van der Waals surface area contributed by atoms with Crippen molar-refractivity contribution in [3.8, 4) is 0 Å². The van der Waals surface area contributed by atoms with Crippen molar-refractivity contribution < 1.29 is 13.2 Å². The molecule has 6 heteroatoms. The number of aliphatic imine (C=N–C) groups is 1. The number of rotatable bonds is 2. The second kappa shape index (κ2) is 4.96. The van der Waals surface area contributed by atoms with Gasteiger partial charge in [-0.1, -0.05) is 31.5 Å². The smallest absolute Gasteiger partial charge is 0.387 e. The molecule has 0 aromatic heterocycles. The first-order valence-electron chi connectivity index (χ1n) is 4.93. The Balaban J connectivity index is 3.37. The molecule has 2 N–H and O–H groups in total. The van der Waals surface area contributed by atoms with Crippen molar-refractivity contribution in [3.05, 3.63) is 28.8 Å². The molecular formula is C11H12ClF3N2. The van der Waals surface area contributed by atoms with Crippen LogP contribution in [0.5, 0.6) is 0 Å². The average Bonchev–Trinajstić information content (AvgIpc) is 2.18. The van der Waals surface area contributed by atoms with Gasteiger partial charge in [0.1, 0.15) is 5.84 Å². The quantitative estimate of drug-likeness (QED) is 0.636. The van der Waals surface area contributed by atoms with Gasteiger partial charge in [-0.15, -0.1) is 0 Å². The van der Waals surface area contributed by atoms with Crippen molar-refractivity contribution in [2.45, 2.75) is 20.0 Å². The fourth-order valence-corrected chi connectivity index (χ4v) is 1.33. The van der Waals surface area contributed by atoms with Crippen LogP contribution in [0.15, 0.2) is 23.2 Å². The molecule has 0 amide bonds. The van der Waals surface area contributed by atoms with Crippen molar-refractivity contribution in [2.24, 2.45) is 16.6 Å². The number of alkyl halides is 3. The van der Waals surface area contributed by atoms with Gasteiger partial charge in [-0.2, -0.15) is 13.2 Å². The van der Waals surface area contributed by atoms with E-state index in [1.807, 2.05) is 0 Å². The first kappa shape index (κ1) is 13.8. The normalized spacial score (nSPS) is 13.2. The number of hydrogen-bond acceptors (Lipinski definition) is 1. The number of benzene rings is 1. The molecule has 0 atom stereocenters. The molecule has 0 heterocycles. The van der Waals surface area contributed by atoms with Crippen LogP contribution >= 0.6 is 11.6 Å². The number of para-hydroxylation sites is 1. The van der Waals surface area contributed by atoms with Gasteiger partial charge in [0, 0.05) is 5.92 Å². The van der Waals surface area contributed by atoms with Gasteiger partial charge >= 0.3 is 6.18 Å². The van der Waals surface area contributed by atoms with Crippen LogP contribution < -0.4 is 5.73 Å². The number of nitrogens with zero attached hydrogens (tertiary/aromatic N) is 1. The molecule has 0 saturated carbocycles. The third-order valence-electron chi connectivity index (χ3n) is 2.12. The molecule has 0 unspecified atom stereocenters. The average molecular weight is 265 g/mol. The van der Waals surface area contributed by atoms with E-state index < -0.39 is 11.7 Å². The van der Waals surface area contributed by atoms with Gasteiger partial charge in [0.15, 0.2) is 0 Å². The van der Waals surface area contributed by atoms with E-state index in [0.29, 0.717) is 0 Å². The Labute approximate surface area is 102 Å². The first-order valence-corrected chi connectivity index (χ1v) is 5.31. The molecule has 94 valence electrons. The van der Waals surface area contributed by atoms with Crippen molar-refractivity contribution in [2.75, 3.05) is 0 Å². The van der Waals surface area contributed by atoms with Crippen LogP contribution in [0.3, 0.4) is 0 Å². The number of nitrogens with two attached hydrogens (primary N) is 1. The van der Waals surface area contributed by atoms with Gasteiger partial charge in [0.25, 0.3) is 0 Å². The predicted octanol–water partition coefficient (Wildman–Crippen LogP) is 4.00. The minimum Gasteiger partial charge on any atom is -0.387 e. The zero-order valence-electron chi connectivity index (χ0n) is 9.35. The molecular weight excluding hydrogens is 253 g/mol. The monoisotopic (exact) mass is 264 g/mol. The van der Waals surface area contributed by atoms with Crippen LogP contribution in [0.2, 0.25) is 5.02 Å². The summed E-state index contributed by atoms with van der Waals surface area (Å²) in [4.78, 5) is 3.77. The number of hydrogen-bond donors (Lipinski definition) is 1. The molecule has 0 aliphatic carbocycles. The molecule has 1 aromatic carbocycles. The minimum atomic E-state index is -4.50. The van der Waals surface area contributed by atoms with E-state index in [9.17, 15) is 13.2 Å². The molecule has 0 spiro atoms. The lowest BCUT2D eigenvalue weighted by molar-refractivity contribution is -0.137. The van der Waals surface area contributed by atoms with Gasteiger partial charge in [-0.25, -0.2) is 4.99 Å². The summed E-state index contributed by atoms with van der Waals surface area (Å²) in [5.74, 6) is -0.0315. The lowest BCUT2D eigenvalue weighted by Crippen LogP contribution is -2.18. The highest BCUT2D eigenvalue weighted by atomic mass is 35.5. The molecule has 2 nitrogen and oxygen atoms in total. The Morgan fingerprint density at radius 3 is 2.41 bits per heavy atom. The van der Waals surface area contributed by atoms with E-state index in [4.69, 9.17) is 17.3 Å².